The summed E-state index contributed by atoms with van der Waals surface area (Å²) in [6, 6.07) is 8.32. The summed E-state index contributed by atoms with van der Waals surface area (Å²) in [6.07, 6.45) is 0. The third-order valence-corrected chi connectivity index (χ3v) is 3.00. The van der Waals surface area contributed by atoms with E-state index >= 15 is 0 Å². The van der Waals surface area contributed by atoms with Crippen molar-refractivity contribution in [2.45, 2.75) is 12.5 Å². The van der Waals surface area contributed by atoms with Crippen molar-refractivity contribution < 1.29 is 22.7 Å². The Hall–Kier alpha value is -2.15. The van der Waals surface area contributed by atoms with Gasteiger partial charge in [0.1, 0.15) is 11.3 Å². The monoisotopic (exact) mass is 300 g/mol. The lowest BCUT2D eigenvalue weighted by molar-refractivity contribution is 0.0713. The van der Waals surface area contributed by atoms with Crippen LogP contribution in [-0.2, 0) is 5.60 Å². The first kappa shape index (κ1) is 15.2. The second kappa shape index (κ2) is 5.69. The van der Waals surface area contributed by atoms with Crippen molar-refractivity contribution in [1.29, 1.82) is 0 Å². The fourth-order valence-corrected chi connectivity index (χ4v) is 1.80. The van der Waals surface area contributed by atoms with Crippen molar-refractivity contribution in [1.82, 2.24) is 4.98 Å². The number of anilines is 1. The zero-order valence-electron chi connectivity index (χ0n) is 11.0. The van der Waals surface area contributed by atoms with Crippen LogP contribution in [0.1, 0.15) is 12.5 Å². The lowest BCUT2D eigenvalue weighted by Crippen LogP contribution is -2.31. The summed E-state index contributed by atoms with van der Waals surface area (Å²) in [5.41, 5.74) is -2.01. The highest BCUT2D eigenvalue weighted by molar-refractivity contribution is 5.46. The van der Waals surface area contributed by atoms with Gasteiger partial charge in [-0.3, -0.25) is 0 Å². The molecule has 0 saturated carbocycles. The Morgan fingerprint density at radius 2 is 1.57 bits per heavy atom. The minimum Gasteiger partial charge on any atom is -0.384 e. The summed E-state index contributed by atoms with van der Waals surface area (Å²) in [6.45, 7) is 1.05. The summed E-state index contributed by atoms with van der Waals surface area (Å²) in [5.74, 6) is -6.79. The number of aliphatic hydroxyl groups is 1. The first-order valence-electron chi connectivity index (χ1n) is 6.04. The molecule has 2 rings (SSSR count). The van der Waals surface area contributed by atoms with Gasteiger partial charge in [0.25, 0.3) is 11.9 Å². The minimum atomic E-state index is -1.75. The van der Waals surface area contributed by atoms with Crippen LogP contribution in [-0.4, -0.2) is 16.6 Å². The minimum absolute atomic E-state index is 0.353. The van der Waals surface area contributed by atoms with Gasteiger partial charge in [-0.2, -0.15) is 22.5 Å². The summed E-state index contributed by atoms with van der Waals surface area (Å²) in [4.78, 5) is 2.45. The molecule has 0 radical (unpaired) electrons. The van der Waals surface area contributed by atoms with Crippen LogP contribution in [0.3, 0.4) is 0 Å². The average molecular weight is 300 g/mol. The zero-order valence-corrected chi connectivity index (χ0v) is 11.0. The van der Waals surface area contributed by atoms with E-state index in [0.717, 1.165) is 0 Å². The van der Waals surface area contributed by atoms with E-state index in [1.807, 2.05) is 0 Å². The molecule has 7 heteroatoms. The van der Waals surface area contributed by atoms with Gasteiger partial charge in [-0.15, -0.1) is 0 Å². The van der Waals surface area contributed by atoms with Gasteiger partial charge in [0.15, 0.2) is 0 Å². The van der Waals surface area contributed by atoms with Crippen LogP contribution in [0.15, 0.2) is 30.3 Å². The van der Waals surface area contributed by atoms with Gasteiger partial charge < -0.3 is 10.4 Å². The molecule has 0 aliphatic heterocycles. The maximum atomic E-state index is 13.4. The maximum Gasteiger partial charge on any atom is 0.253 e. The highest BCUT2D eigenvalue weighted by Gasteiger charge is 2.26. The van der Waals surface area contributed by atoms with Gasteiger partial charge in [0.2, 0.25) is 11.6 Å². The molecule has 0 saturated heterocycles. The molecule has 1 aromatic carbocycles. The summed E-state index contributed by atoms with van der Waals surface area (Å²) in [5, 5.41) is 12.4. The molecule has 3 nitrogen and oxygen atoms in total. The second-order valence-electron chi connectivity index (χ2n) is 4.69. The third kappa shape index (κ3) is 3.13. The van der Waals surface area contributed by atoms with Crippen molar-refractivity contribution in [3.63, 3.8) is 0 Å². The lowest BCUT2D eigenvalue weighted by Gasteiger charge is -2.25. The predicted molar refractivity (Wildman–Crippen MR) is 68.6 cm³/mol. The van der Waals surface area contributed by atoms with Crippen LogP contribution in [0, 0.1) is 23.5 Å². The molecule has 0 spiro atoms. The van der Waals surface area contributed by atoms with E-state index in [2.05, 4.69) is 10.3 Å². The molecule has 1 heterocycles. The van der Waals surface area contributed by atoms with Crippen molar-refractivity contribution in [3.8, 4) is 0 Å². The Balaban J connectivity index is 2.24. The highest BCUT2D eigenvalue weighted by atomic mass is 19.2. The fraction of sp³-hybridized carbons (Fsp3) is 0.214. The molecule has 112 valence electrons. The van der Waals surface area contributed by atoms with Crippen molar-refractivity contribution in [2.24, 2.45) is 0 Å². The quantitative estimate of drug-likeness (QED) is 0.674. The Morgan fingerprint density at radius 1 is 1.05 bits per heavy atom. The number of rotatable bonds is 4. The van der Waals surface area contributed by atoms with Crippen LogP contribution < -0.4 is 5.32 Å². The largest absolute Gasteiger partial charge is 0.384 e. The first-order valence-corrected chi connectivity index (χ1v) is 6.04. The van der Waals surface area contributed by atoms with Crippen LogP contribution in [0.25, 0.3) is 0 Å². The molecule has 2 N–H and O–H groups in total. The van der Waals surface area contributed by atoms with E-state index in [-0.39, 0.29) is 6.54 Å². The Bertz CT molecular complexity index is 621. The SMILES string of the molecule is CC(O)(CNc1c(F)c(F)nc(F)c1F)c1ccccc1. The molecule has 2 aromatic rings. The van der Waals surface area contributed by atoms with Crippen LogP contribution in [0.2, 0.25) is 0 Å². The van der Waals surface area contributed by atoms with Crippen LogP contribution in [0.5, 0.6) is 0 Å². The topological polar surface area (TPSA) is 45.1 Å². The van der Waals surface area contributed by atoms with E-state index in [0.29, 0.717) is 5.56 Å². The second-order valence-corrected chi connectivity index (χ2v) is 4.69. The molecule has 0 aliphatic rings. The molecule has 0 aliphatic carbocycles. The van der Waals surface area contributed by atoms with Gasteiger partial charge in [0, 0.05) is 6.54 Å². The van der Waals surface area contributed by atoms with Crippen molar-refractivity contribution in [2.75, 3.05) is 11.9 Å². The predicted octanol–water partition coefficient (Wildman–Crippen LogP) is 2.96. The fourth-order valence-electron chi connectivity index (χ4n) is 1.80. The standard InChI is InChI=1S/C14H12F4N2O/c1-14(21,8-5-3-2-4-6-8)7-19-11-9(15)12(17)20-13(18)10(11)16/h2-6,21H,7H2,1H3,(H,19,20). The number of nitrogens with zero attached hydrogens (tertiary/aromatic N) is 1. The summed E-state index contributed by atoms with van der Waals surface area (Å²) in [7, 11) is 0. The smallest absolute Gasteiger partial charge is 0.253 e. The van der Waals surface area contributed by atoms with Gasteiger partial charge in [0.05, 0.1) is 0 Å². The first-order chi connectivity index (χ1) is 9.83. The molecule has 1 unspecified atom stereocenters. The summed E-state index contributed by atoms with van der Waals surface area (Å²) >= 11 is 0. The molecule has 1 atom stereocenters. The van der Waals surface area contributed by atoms with Gasteiger partial charge in [-0.1, -0.05) is 30.3 Å². The molecule has 0 fully saturated rings. The normalized spacial score (nSPS) is 13.8. The molecule has 1 aromatic heterocycles. The number of halogens is 4. The van der Waals surface area contributed by atoms with E-state index in [9.17, 15) is 22.7 Å². The zero-order chi connectivity index (χ0) is 15.6. The highest BCUT2D eigenvalue weighted by Crippen LogP contribution is 2.25. The Morgan fingerprint density at radius 3 is 2.10 bits per heavy atom. The molecular weight excluding hydrogens is 288 g/mol. The number of benzene rings is 1. The molecular formula is C14H12F4N2O. The Labute approximate surface area is 118 Å². The van der Waals surface area contributed by atoms with E-state index in [1.165, 1.54) is 6.92 Å². The van der Waals surface area contributed by atoms with Crippen LogP contribution >= 0.6 is 0 Å². The summed E-state index contributed by atoms with van der Waals surface area (Å²) < 4.78 is 52.8. The average Bonchev–Trinajstić information content (AvgIpc) is 2.46. The van der Waals surface area contributed by atoms with Crippen molar-refractivity contribution in [3.05, 3.63) is 59.4 Å². The third-order valence-electron chi connectivity index (χ3n) is 3.00. The van der Waals surface area contributed by atoms with E-state index in [4.69, 9.17) is 0 Å². The number of hydrogen-bond donors (Lipinski definition) is 2. The number of hydrogen-bond acceptors (Lipinski definition) is 3. The van der Waals surface area contributed by atoms with E-state index < -0.39 is 34.8 Å². The van der Waals surface area contributed by atoms with Gasteiger partial charge in [-0.25, -0.2) is 0 Å². The molecule has 0 amide bonds. The maximum absolute atomic E-state index is 13.4. The van der Waals surface area contributed by atoms with Gasteiger partial charge >= 0.3 is 0 Å². The Kier molecular flexibility index (Phi) is 4.13. The molecule has 0 bridgehead atoms. The number of pyridine rings is 1. The number of aromatic nitrogens is 1. The van der Waals surface area contributed by atoms with Crippen LogP contribution in [0.4, 0.5) is 23.2 Å². The van der Waals surface area contributed by atoms with E-state index in [1.54, 1.807) is 30.3 Å². The lowest BCUT2D eigenvalue weighted by atomic mass is 9.96. The van der Waals surface area contributed by atoms with Gasteiger partial charge in [-0.05, 0) is 12.5 Å². The molecule has 21 heavy (non-hydrogen) atoms. The van der Waals surface area contributed by atoms with Crippen molar-refractivity contribution >= 4 is 5.69 Å². The number of nitrogens with one attached hydrogen (secondary N) is 1.